The first kappa shape index (κ1) is 16.0. The van der Waals surface area contributed by atoms with Gasteiger partial charge in [0.2, 0.25) is 0 Å². The zero-order chi connectivity index (χ0) is 16.6. The molecule has 0 spiro atoms. The maximum absolute atomic E-state index is 12.5. The first-order chi connectivity index (χ1) is 11.0. The number of halogens is 1. The van der Waals surface area contributed by atoms with Crippen LogP contribution >= 0.6 is 22.9 Å². The molecule has 120 valence electrons. The molecule has 0 atom stereocenters. The first-order valence-corrected chi connectivity index (χ1v) is 8.68. The molecule has 2 aromatic rings. The number of thiophene rings is 1. The van der Waals surface area contributed by atoms with Crippen molar-refractivity contribution in [2.75, 3.05) is 5.32 Å². The van der Waals surface area contributed by atoms with Crippen molar-refractivity contribution in [3.63, 3.8) is 0 Å². The highest BCUT2D eigenvalue weighted by Gasteiger charge is 2.25. The highest BCUT2D eigenvalue weighted by atomic mass is 35.5. The lowest BCUT2D eigenvalue weighted by molar-refractivity contribution is 0.100. The minimum atomic E-state index is -0.491. The summed E-state index contributed by atoms with van der Waals surface area (Å²) in [6, 6.07) is 5.25. The average Bonchev–Trinajstić information content (AvgIpc) is 2.84. The summed E-state index contributed by atoms with van der Waals surface area (Å²) in [4.78, 5) is 25.5. The molecule has 0 radical (unpaired) electrons. The predicted molar refractivity (Wildman–Crippen MR) is 93.6 cm³/mol. The van der Waals surface area contributed by atoms with Crippen molar-refractivity contribution in [3.05, 3.63) is 50.4 Å². The lowest BCUT2D eigenvalue weighted by Gasteiger charge is -2.11. The van der Waals surface area contributed by atoms with Crippen LogP contribution in [-0.2, 0) is 12.8 Å². The predicted octanol–water partition coefficient (Wildman–Crippen LogP) is 3.94. The molecule has 3 N–H and O–H groups in total. The molecule has 2 amide bonds. The molecule has 1 heterocycles. The van der Waals surface area contributed by atoms with E-state index < -0.39 is 5.91 Å². The van der Waals surface area contributed by atoms with Crippen molar-refractivity contribution < 1.29 is 9.59 Å². The Labute approximate surface area is 143 Å². The van der Waals surface area contributed by atoms with E-state index in [1.54, 1.807) is 12.1 Å². The summed E-state index contributed by atoms with van der Waals surface area (Å²) >= 11 is 7.59. The summed E-state index contributed by atoms with van der Waals surface area (Å²) in [6.07, 6.45) is 3.91. The van der Waals surface area contributed by atoms with E-state index in [0.717, 1.165) is 41.7 Å². The van der Waals surface area contributed by atoms with Crippen LogP contribution < -0.4 is 11.1 Å². The summed E-state index contributed by atoms with van der Waals surface area (Å²) in [5, 5.41) is 3.75. The Morgan fingerprint density at radius 3 is 2.70 bits per heavy atom. The molecular weight excluding hydrogens is 332 g/mol. The number of amides is 2. The van der Waals surface area contributed by atoms with E-state index >= 15 is 0 Å². The Kier molecular flexibility index (Phi) is 4.41. The molecule has 1 aromatic carbocycles. The Hall–Kier alpha value is -1.85. The summed E-state index contributed by atoms with van der Waals surface area (Å²) in [7, 11) is 0. The van der Waals surface area contributed by atoms with Crippen molar-refractivity contribution in [1.29, 1.82) is 0 Å². The summed E-state index contributed by atoms with van der Waals surface area (Å²) < 4.78 is 0. The third-order valence-electron chi connectivity index (χ3n) is 4.01. The third kappa shape index (κ3) is 3.12. The van der Waals surface area contributed by atoms with Crippen LogP contribution in [0.1, 0.15) is 49.6 Å². The van der Waals surface area contributed by atoms with Crippen LogP contribution in [0.15, 0.2) is 18.2 Å². The van der Waals surface area contributed by atoms with Gasteiger partial charge in [-0.25, -0.2) is 0 Å². The highest BCUT2D eigenvalue weighted by Crippen LogP contribution is 2.38. The van der Waals surface area contributed by atoms with Gasteiger partial charge in [0.1, 0.15) is 5.00 Å². The van der Waals surface area contributed by atoms with Crippen LogP contribution in [0.2, 0.25) is 5.02 Å². The number of carbonyl (C=O) groups is 2. The molecule has 4 nitrogen and oxygen atoms in total. The second kappa shape index (κ2) is 6.34. The summed E-state index contributed by atoms with van der Waals surface area (Å²) in [6.45, 7) is 1.91. The molecule has 0 aliphatic heterocycles. The van der Waals surface area contributed by atoms with Crippen LogP contribution in [-0.4, -0.2) is 11.8 Å². The third-order valence-corrected chi connectivity index (χ3v) is 5.53. The normalized spacial score (nSPS) is 13.5. The number of rotatable bonds is 3. The SMILES string of the molecule is Cc1ccc(C(=O)Nc2sc3c(c2C(N)=O)CCCC3)c(Cl)c1. The zero-order valence-electron chi connectivity index (χ0n) is 12.7. The van der Waals surface area contributed by atoms with Gasteiger partial charge >= 0.3 is 0 Å². The van der Waals surface area contributed by atoms with Crippen LogP contribution in [0.25, 0.3) is 0 Å². The van der Waals surface area contributed by atoms with Crippen LogP contribution in [0.4, 0.5) is 5.00 Å². The molecule has 0 bridgehead atoms. The number of aryl methyl sites for hydroxylation is 2. The first-order valence-electron chi connectivity index (χ1n) is 7.49. The van der Waals surface area contributed by atoms with Gasteiger partial charge in [0.15, 0.2) is 0 Å². The van der Waals surface area contributed by atoms with E-state index in [-0.39, 0.29) is 5.91 Å². The van der Waals surface area contributed by atoms with Gasteiger partial charge in [-0.1, -0.05) is 17.7 Å². The van der Waals surface area contributed by atoms with Crippen LogP contribution in [0.5, 0.6) is 0 Å². The molecule has 1 aliphatic carbocycles. The van der Waals surface area contributed by atoms with E-state index in [9.17, 15) is 9.59 Å². The number of nitrogens with two attached hydrogens (primary N) is 1. The monoisotopic (exact) mass is 348 g/mol. The fourth-order valence-electron chi connectivity index (χ4n) is 2.89. The van der Waals surface area contributed by atoms with Gasteiger partial charge in [-0.3, -0.25) is 9.59 Å². The second-order valence-electron chi connectivity index (χ2n) is 5.72. The number of primary amides is 1. The Morgan fingerprint density at radius 1 is 1.26 bits per heavy atom. The Balaban J connectivity index is 1.95. The number of hydrogen-bond donors (Lipinski definition) is 2. The molecular formula is C17H17ClN2O2S. The lowest BCUT2D eigenvalue weighted by atomic mass is 9.95. The van der Waals surface area contributed by atoms with Crippen LogP contribution in [0.3, 0.4) is 0 Å². The molecule has 0 unspecified atom stereocenters. The number of hydrogen-bond acceptors (Lipinski definition) is 3. The fraction of sp³-hybridized carbons (Fsp3) is 0.294. The molecule has 23 heavy (non-hydrogen) atoms. The van der Waals surface area contributed by atoms with E-state index in [4.69, 9.17) is 17.3 Å². The van der Waals surface area contributed by atoms with Gasteiger partial charge < -0.3 is 11.1 Å². The lowest BCUT2D eigenvalue weighted by Crippen LogP contribution is -2.18. The van der Waals surface area contributed by atoms with E-state index in [1.165, 1.54) is 11.3 Å². The zero-order valence-corrected chi connectivity index (χ0v) is 14.3. The molecule has 1 aliphatic rings. The average molecular weight is 349 g/mol. The second-order valence-corrected chi connectivity index (χ2v) is 7.23. The highest BCUT2D eigenvalue weighted by molar-refractivity contribution is 7.17. The van der Waals surface area contributed by atoms with Gasteiger partial charge in [-0.2, -0.15) is 0 Å². The molecule has 6 heteroatoms. The largest absolute Gasteiger partial charge is 0.365 e. The number of benzene rings is 1. The maximum atomic E-state index is 12.5. The van der Waals surface area contributed by atoms with Crippen molar-refractivity contribution >= 4 is 39.8 Å². The van der Waals surface area contributed by atoms with Gasteiger partial charge in [0, 0.05) is 4.88 Å². The molecule has 3 rings (SSSR count). The molecule has 0 saturated heterocycles. The fourth-order valence-corrected chi connectivity index (χ4v) is 4.50. The molecule has 0 fully saturated rings. The van der Waals surface area contributed by atoms with Crippen molar-refractivity contribution in [1.82, 2.24) is 0 Å². The quantitative estimate of drug-likeness (QED) is 0.881. The smallest absolute Gasteiger partial charge is 0.257 e. The number of anilines is 1. The maximum Gasteiger partial charge on any atom is 0.257 e. The number of carbonyl (C=O) groups excluding carboxylic acids is 2. The van der Waals surface area contributed by atoms with Gasteiger partial charge in [-0.05, 0) is 55.9 Å². The standard InChI is InChI=1S/C17H17ClN2O2S/c1-9-6-7-10(12(18)8-9)16(22)20-17-14(15(19)21)11-4-2-3-5-13(11)23-17/h6-8H,2-5H2,1H3,(H2,19,21)(H,20,22). The minimum Gasteiger partial charge on any atom is -0.365 e. The Bertz CT molecular complexity index is 798. The van der Waals surface area contributed by atoms with E-state index in [2.05, 4.69) is 5.32 Å². The van der Waals surface area contributed by atoms with Gasteiger partial charge in [0.05, 0.1) is 16.1 Å². The number of nitrogens with one attached hydrogen (secondary N) is 1. The topological polar surface area (TPSA) is 72.2 Å². The Morgan fingerprint density at radius 2 is 2.00 bits per heavy atom. The van der Waals surface area contributed by atoms with Gasteiger partial charge in [0.25, 0.3) is 11.8 Å². The van der Waals surface area contributed by atoms with E-state index in [1.807, 2.05) is 13.0 Å². The van der Waals surface area contributed by atoms with E-state index in [0.29, 0.717) is 21.2 Å². The summed E-state index contributed by atoms with van der Waals surface area (Å²) in [5.74, 6) is -0.814. The molecule has 0 saturated carbocycles. The minimum absolute atomic E-state index is 0.323. The summed E-state index contributed by atoms with van der Waals surface area (Å²) in [5.41, 5.74) is 8.37. The van der Waals surface area contributed by atoms with Gasteiger partial charge in [-0.15, -0.1) is 11.3 Å². The van der Waals surface area contributed by atoms with Crippen molar-refractivity contribution in [2.45, 2.75) is 32.6 Å². The molecule has 1 aromatic heterocycles. The number of fused-ring (bicyclic) bond motifs is 1. The van der Waals surface area contributed by atoms with Crippen molar-refractivity contribution in [3.8, 4) is 0 Å². The van der Waals surface area contributed by atoms with Crippen LogP contribution in [0, 0.1) is 6.92 Å². The van der Waals surface area contributed by atoms with Crippen molar-refractivity contribution in [2.24, 2.45) is 5.73 Å².